The smallest absolute Gasteiger partial charge is 0.0208 e. The first-order valence-electron chi connectivity index (χ1n) is 6.80. The standard InChI is InChI=1S/C16H27N/c1-12(2)10-15-6-8-16(9-7-15)11-17-14(5)13(3)4/h6-9,12-14,17H,10-11H2,1-5H3. The molecule has 0 aliphatic carbocycles. The molecule has 0 aliphatic heterocycles. The number of nitrogens with one attached hydrogen (secondary N) is 1. The Kier molecular flexibility index (Phi) is 5.70. The molecule has 0 saturated carbocycles. The second kappa shape index (κ2) is 6.80. The molecule has 1 N–H and O–H groups in total. The number of hydrogen-bond donors (Lipinski definition) is 1. The van der Waals surface area contributed by atoms with Gasteiger partial charge >= 0.3 is 0 Å². The summed E-state index contributed by atoms with van der Waals surface area (Å²) in [6.07, 6.45) is 1.18. The Bertz CT molecular complexity index is 311. The SMILES string of the molecule is CC(C)Cc1ccc(CNC(C)C(C)C)cc1. The first-order chi connectivity index (χ1) is 7.99. The van der Waals surface area contributed by atoms with Gasteiger partial charge in [0.25, 0.3) is 0 Å². The molecule has 96 valence electrons. The summed E-state index contributed by atoms with van der Waals surface area (Å²) in [6, 6.07) is 9.59. The van der Waals surface area contributed by atoms with Crippen molar-refractivity contribution in [3.63, 3.8) is 0 Å². The van der Waals surface area contributed by atoms with Crippen LogP contribution >= 0.6 is 0 Å². The highest BCUT2D eigenvalue weighted by molar-refractivity contribution is 5.22. The highest BCUT2D eigenvalue weighted by Gasteiger charge is 2.05. The van der Waals surface area contributed by atoms with E-state index in [4.69, 9.17) is 0 Å². The molecule has 0 fully saturated rings. The highest BCUT2D eigenvalue weighted by atomic mass is 14.9. The Morgan fingerprint density at radius 1 is 0.882 bits per heavy atom. The second-order valence-electron chi connectivity index (χ2n) is 5.83. The lowest BCUT2D eigenvalue weighted by atomic mass is 10.0. The Morgan fingerprint density at radius 2 is 1.41 bits per heavy atom. The summed E-state index contributed by atoms with van der Waals surface area (Å²) >= 11 is 0. The van der Waals surface area contributed by atoms with Crippen molar-refractivity contribution >= 4 is 0 Å². The van der Waals surface area contributed by atoms with Gasteiger partial charge in [0, 0.05) is 12.6 Å². The van der Waals surface area contributed by atoms with E-state index in [1.807, 2.05) is 0 Å². The van der Waals surface area contributed by atoms with Gasteiger partial charge in [-0.05, 0) is 36.3 Å². The minimum Gasteiger partial charge on any atom is -0.310 e. The van der Waals surface area contributed by atoms with Crippen LogP contribution < -0.4 is 5.32 Å². The van der Waals surface area contributed by atoms with Crippen LogP contribution in [0.5, 0.6) is 0 Å². The second-order valence-corrected chi connectivity index (χ2v) is 5.83. The quantitative estimate of drug-likeness (QED) is 0.782. The van der Waals surface area contributed by atoms with Crippen LogP contribution in [-0.4, -0.2) is 6.04 Å². The molecule has 0 aromatic heterocycles. The molecule has 0 aliphatic rings. The fourth-order valence-corrected chi connectivity index (χ4v) is 1.78. The van der Waals surface area contributed by atoms with Gasteiger partial charge in [-0.25, -0.2) is 0 Å². The lowest BCUT2D eigenvalue weighted by Crippen LogP contribution is -2.30. The van der Waals surface area contributed by atoms with Gasteiger partial charge in [0.2, 0.25) is 0 Å². The number of hydrogen-bond acceptors (Lipinski definition) is 1. The molecular weight excluding hydrogens is 206 g/mol. The molecule has 0 amide bonds. The predicted molar refractivity (Wildman–Crippen MR) is 76.1 cm³/mol. The fourth-order valence-electron chi connectivity index (χ4n) is 1.78. The topological polar surface area (TPSA) is 12.0 Å². The van der Waals surface area contributed by atoms with Gasteiger partial charge in [-0.3, -0.25) is 0 Å². The summed E-state index contributed by atoms with van der Waals surface area (Å²) in [5, 5.41) is 3.56. The zero-order valence-corrected chi connectivity index (χ0v) is 12.0. The minimum absolute atomic E-state index is 0.574. The Hall–Kier alpha value is -0.820. The van der Waals surface area contributed by atoms with Gasteiger partial charge < -0.3 is 5.32 Å². The Morgan fingerprint density at radius 3 is 1.88 bits per heavy atom. The molecule has 0 saturated heterocycles. The average molecular weight is 233 g/mol. The van der Waals surface area contributed by atoms with Crippen molar-refractivity contribution in [1.29, 1.82) is 0 Å². The van der Waals surface area contributed by atoms with Crippen LogP contribution in [0.2, 0.25) is 0 Å². The van der Waals surface area contributed by atoms with E-state index in [0.29, 0.717) is 12.0 Å². The van der Waals surface area contributed by atoms with Gasteiger partial charge in [-0.1, -0.05) is 52.0 Å². The van der Waals surface area contributed by atoms with Crippen LogP contribution in [0.25, 0.3) is 0 Å². The summed E-state index contributed by atoms with van der Waals surface area (Å²) in [6.45, 7) is 12.3. The molecule has 1 atom stereocenters. The normalized spacial score (nSPS) is 13.4. The molecule has 0 radical (unpaired) electrons. The monoisotopic (exact) mass is 233 g/mol. The van der Waals surface area contributed by atoms with Crippen molar-refractivity contribution in [3.8, 4) is 0 Å². The number of benzene rings is 1. The third-order valence-corrected chi connectivity index (χ3v) is 3.30. The molecule has 17 heavy (non-hydrogen) atoms. The lowest BCUT2D eigenvalue weighted by molar-refractivity contribution is 0.426. The van der Waals surface area contributed by atoms with Crippen molar-refractivity contribution in [1.82, 2.24) is 5.32 Å². The Labute approximate surface area is 107 Å². The lowest BCUT2D eigenvalue weighted by Gasteiger charge is -2.17. The summed E-state index contributed by atoms with van der Waals surface area (Å²) in [5.41, 5.74) is 2.82. The summed E-state index contributed by atoms with van der Waals surface area (Å²) in [7, 11) is 0. The van der Waals surface area contributed by atoms with Crippen molar-refractivity contribution in [2.75, 3.05) is 0 Å². The summed E-state index contributed by atoms with van der Waals surface area (Å²) < 4.78 is 0. The first kappa shape index (κ1) is 14.2. The van der Waals surface area contributed by atoms with Gasteiger partial charge in [-0.2, -0.15) is 0 Å². The maximum atomic E-state index is 3.56. The largest absolute Gasteiger partial charge is 0.310 e. The molecular formula is C16H27N. The molecule has 0 bridgehead atoms. The molecule has 1 aromatic carbocycles. The molecule has 1 nitrogen and oxygen atoms in total. The minimum atomic E-state index is 0.574. The maximum absolute atomic E-state index is 3.56. The van der Waals surface area contributed by atoms with Gasteiger partial charge in [0.1, 0.15) is 0 Å². The summed E-state index contributed by atoms with van der Waals surface area (Å²) in [5.74, 6) is 1.43. The zero-order valence-electron chi connectivity index (χ0n) is 12.0. The van der Waals surface area contributed by atoms with Crippen LogP contribution in [0.4, 0.5) is 0 Å². The summed E-state index contributed by atoms with van der Waals surface area (Å²) in [4.78, 5) is 0. The zero-order chi connectivity index (χ0) is 12.8. The molecule has 1 rings (SSSR count). The van der Waals surface area contributed by atoms with Crippen LogP contribution in [0.1, 0.15) is 45.7 Å². The fraction of sp³-hybridized carbons (Fsp3) is 0.625. The van der Waals surface area contributed by atoms with Crippen LogP contribution in [0.15, 0.2) is 24.3 Å². The van der Waals surface area contributed by atoms with Crippen molar-refractivity contribution in [3.05, 3.63) is 35.4 Å². The van der Waals surface area contributed by atoms with Gasteiger partial charge in [0.15, 0.2) is 0 Å². The van der Waals surface area contributed by atoms with E-state index in [1.165, 1.54) is 17.5 Å². The van der Waals surface area contributed by atoms with Crippen molar-refractivity contribution in [2.24, 2.45) is 11.8 Å². The van der Waals surface area contributed by atoms with Crippen molar-refractivity contribution < 1.29 is 0 Å². The molecule has 1 unspecified atom stereocenters. The van der Waals surface area contributed by atoms with E-state index >= 15 is 0 Å². The molecule has 0 heterocycles. The highest BCUT2D eigenvalue weighted by Crippen LogP contribution is 2.10. The van der Waals surface area contributed by atoms with E-state index < -0.39 is 0 Å². The van der Waals surface area contributed by atoms with E-state index in [-0.39, 0.29) is 0 Å². The van der Waals surface area contributed by atoms with Crippen molar-refractivity contribution in [2.45, 2.75) is 53.6 Å². The first-order valence-corrected chi connectivity index (χ1v) is 6.80. The van der Waals surface area contributed by atoms with E-state index in [9.17, 15) is 0 Å². The average Bonchev–Trinajstić information content (AvgIpc) is 2.26. The molecule has 1 heteroatoms. The third-order valence-electron chi connectivity index (χ3n) is 3.30. The van der Waals surface area contributed by atoms with Crippen LogP contribution in [0.3, 0.4) is 0 Å². The molecule has 0 spiro atoms. The van der Waals surface area contributed by atoms with Crippen LogP contribution in [-0.2, 0) is 13.0 Å². The van der Waals surface area contributed by atoms with E-state index in [0.717, 1.165) is 12.5 Å². The van der Waals surface area contributed by atoms with Gasteiger partial charge in [-0.15, -0.1) is 0 Å². The third kappa shape index (κ3) is 5.36. The van der Waals surface area contributed by atoms with Gasteiger partial charge in [0.05, 0.1) is 0 Å². The van der Waals surface area contributed by atoms with E-state index in [1.54, 1.807) is 0 Å². The van der Waals surface area contributed by atoms with Crippen LogP contribution in [0, 0.1) is 11.8 Å². The number of rotatable bonds is 6. The van der Waals surface area contributed by atoms with E-state index in [2.05, 4.69) is 64.2 Å². The molecule has 1 aromatic rings. The maximum Gasteiger partial charge on any atom is 0.0208 e. The Balaban J connectivity index is 2.45. The predicted octanol–water partition coefficient (Wildman–Crippen LogP) is 4.02.